The van der Waals surface area contributed by atoms with Crippen LogP contribution < -0.4 is 5.32 Å². The number of hydrogen-bond acceptors (Lipinski definition) is 5. The lowest BCUT2D eigenvalue weighted by molar-refractivity contribution is 0.000839. The zero-order chi connectivity index (χ0) is 24.4. The van der Waals surface area contributed by atoms with Gasteiger partial charge in [-0.05, 0) is 38.8 Å². The molecule has 0 spiro atoms. The van der Waals surface area contributed by atoms with E-state index in [0.717, 1.165) is 49.9 Å². The molecule has 186 valence electrons. The van der Waals surface area contributed by atoms with Gasteiger partial charge in [0, 0.05) is 68.3 Å². The van der Waals surface area contributed by atoms with Crippen molar-refractivity contribution >= 4 is 28.4 Å². The molecule has 0 unspecified atom stereocenters. The molecule has 0 bridgehead atoms. The minimum atomic E-state index is -0.0866. The van der Waals surface area contributed by atoms with E-state index in [0.29, 0.717) is 29.0 Å². The second kappa shape index (κ2) is 10.2. The zero-order valence-corrected chi connectivity index (χ0v) is 21.5. The normalized spacial score (nSPS) is 19.3. The molecule has 8 heteroatoms. The summed E-state index contributed by atoms with van der Waals surface area (Å²) in [5.74, 6) is 0.571. The minimum absolute atomic E-state index is 0.0318. The molecule has 2 fully saturated rings. The summed E-state index contributed by atoms with van der Waals surface area (Å²) in [7, 11) is 0. The van der Waals surface area contributed by atoms with Crippen molar-refractivity contribution in [2.75, 3.05) is 32.7 Å². The average molecular weight is 495 g/mol. The van der Waals surface area contributed by atoms with E-state index in [1.807, 2.05) is 29.0 Å². The van der Waals surface area contributed by atoms with E-state index in [1.54, 1.807) is 18.6 Å². The molecule has 1 aliphatic carbocycles. The number of hydrogen-bond donors (Lipinski definition) is 1. The fourth-order valence-electron chi connectivity index (χ4n) is 5.89. The van der Waals surface area contributed by atoms with Crippen LogP contribution in [0.1, 0.15) is 56.3 Å². The zero-order valence-electron chi connectivity index (χ0n) is 20.7. The Hall–Kier alpha value is -2.48. The molecule has 3 heterocycles. The van der Waals surface area contributed by atoms with Gasteiger partial charge in [-0.2, -0.15) is 0 Å². The van der Waals surface area contributed by atoms with Gasteiger partial charge in [0.1, 0.15) is 0 Å². The Labute approximate surface area is 212 Å². The lowest BCUT2D eigenvalue weighted by Crippen LogP contribution is -2.62. The first-order chi connectivity index (χ1) is 17.0. The van der Waals surface area contributed by atoms with Gasteiger partial charge >= 0.3 is 0 Å². The highest BCUT2D eigenvalue weighted by atomic mass is 35.5. The number of aromatic nitrogens is 3. The highest BCUT2D eigenvalue weighted by Gasteiger charge is 2.40. The highest BCUT2D eigenvalue weighted by Crippen LogP contribution is 2.35. The Balaban J connectivity index is 1.39. The molecule has 35 heavy (non-hydrogen) atoms. The second-order valence-corrected chi connectivity index (χ2v) is 10.6. The standard InChI is InChI=1S/C27H35ClN6O/c1-20(2)32-13-15-33(16-14-32)27(9-4-3-5-10-27)19-31-26(35)21-18-34(24-17-29-11-12-30-24)23-8-6-7-22(28)25(21)23/h6-8,11-12,17-18,20H,3-5,9-10,13-16,19H2,1-2H3,(H,31,35). The summed E-state index contributed by atoms with van der Waals surface area (Å²) in [6, 6.07) is 6.27. The topological polar surface area (TPSA) is 66.3 Å². The third-order valence-corrected chi connectivity index (χ3v) is 8.21. The van der Waals surface area contributed by atoms with E-state index in [1.165, 1.54) is 19.3 Å². The summed E-state index contributed by atoms with van der Waals surface area (Å²) in [5, 5.41) is 4.64. The molecule has 1 saturated heterocycles. The van der Waals surface area contributed by atoms with Crippen LogP contribution in [0.2, 0.25) is 5.02 Å². The molecule has 0 radical (unpaired) electrons. The first-order valence-electron chi connectivity index (χ1n) is 12.8. The summed E-state index contributed by atoms with van der Waals surface area (Å²) < 4.78 is 1.89. The number of rotatable bonds is 6. The van der Waals surface area contributed by atoms with Crippen LogP contribution in [0.4, 0.5) is 0 Å². The maximum atomic E-state index is 13.6. The molecule has 2 aliphatic rings. The Morgan fingerprint density at radius 2 is 1.89 bits per heavy atom. The predicted molar refractivity (Wildman–Crippen MR) is 140 cm³/mol. The molecule has 3 aromatic rings. The van der Waals surface area contributed by atoms with Gasteiger partial charge in [-0.25, -0.2) is 4.98 Å². The first-order valence-corrected chi connectivity index (χ1v) is 13.2. The lowest BCUT2D eigenvalue weighted by Gasteiger charge is -2.50. The van der Waals surface area contributed by atoms with Crippen LogP contribution in [0, 0.1) is 0 Å². The van der Waals surface area contributed by atoms with Crippen molar-refractivity contribution in [3.05, 3.63) is 53.6 Å². The van der Waals surface area contributed by atoms with Gasteiger partial charge in [-0.1, -0.05) is 36.9 Å². The van der Waals surface area contributed by atoms with Crippen LogP contribution >= 0.6 is 11.6 Å². The molecule has 1 N–H and O–H groups in total. The van der Waals surface area contributed by atoms with Crippen LogP contribution in [0.5, 0.6) is 0 Å². The van der Waals surface area contributed by atoms with E-state index in [2.05, 4.69) is 38.9 Å². The summed E-state index contributed by atoms with van der Waals surface area (Å²) in [4.78, 5) is 27.4. The fraction of sp³-hybridized carbons (Fsp3) is 0.519. The minimum Gasteiger partial charge on any atom is -0.350 e. The van der Waals surface area contributed by atoms with Gasteiger partial charge in [-0.15, -0.1) is 0 Å². The summed E-state index contributed by atoms with van der Waals surface area (Å²) in [5.41, 5.74) is 1.46. The van der Waals surface area contributed by atoms with E-state index < -0.39 is 0 Å². The van der Waals surface area contributed by atoms with E-state index in [-0.39, 0.29) is 11.4 Å². The number of nitrogens with one attached hydrogen (secondary N) is 1. The van der Waals surface area contributed by atoms with Crippen molar-refractivity contribution in [1.29, 1.82) is 0 Å². The maximum Gasteiger partial charge on any atom is 0.253 e. The first kappa shape index (κ1) is 24.2. The molecule has 1 aromatic carbocycles. The van der Waals surface area contributed by atoms with Crippen molar-refractivity contribution in [3.63, 3.8) is 0 Å². The van der Waals surface area contributed by atoms with Crippen LogP contribution in [0.25, 0.3) is 16.7 Å². The van der Waals surface area contributed by atoms with Crippen molar-refractivity contribution in [2.45, 2.75) is 57.5 Å². The van der Waals surface area contributed by atoms with Gasteiger partial charge in [0.25, 0.3) is 5.91 Å². The summed E-state index contributed by atoms with van der Waals surface area (Å²) in [6.45, 7) is 9.51. The lowest BCUT2D eigenvalue weighted by atomic mass is 9.79. The van der Waals surface area contributed by atoms with Crippen LogP contribution in [0.3, 0.4) is 0 Å². The monoisotopic (exact) mass is 494 g/mol. The van der Waals surface area contributed by atoms with Crippen LogP contribution in [0.15, 0.2) is 43.0 Å². The highest BCUT2D eigenvalue weighted by molar-refractivity contribution is 6.37. The van der Waals surface area contributed by atoms with Crippen LogP contribution in [-0.2, 0) is 0 Å². The molecule has 2 aromatic heterocycles. The smallest absolute Gasteiger partial charge is 0.253 e. The predicted octanol–water partition coefficient (Wildman–Crippen LogP) is 4.53. The molecule has 5 rings (SSSR count). The number of nitrogens with zero attached hydrogens (tertiary/aromatic N) is 5. The van der Waals surface area contributed by atoms with Crippen molar-refractivity contribution < 1.29 is 4.79 Å². The summed E-state index contributed by atoms with van der Waals surface area (Å²) >= 11 is 6.60. The Morgan fingerprint density at radius 1 is 1.11 bits per heavy atom. The molecule has 1 aliphatic heterocycles. The van der Waals surface area contributed by atoms with E-state index >= 15 is 0 Å². The molecule has 0 atom stereocenters. The van der Waals surface area contributed by atoms with Gasteiger partial charge in [0.15, 0.2) is 5.82 Å². The quantitative estimate of drug-likeness (QED) is 0.545. The van der Waals surface area contributed by atoms with Gasteiger partial charge in [0.05, 0.1) is 22.3 Å². The van der Waals surface area contributed by atoms with E-state index in [9.17, 15) is 4.79 Å². The Morgan fingerprint density at radius 3 is 2.57 bits per heavy atom. The SMILES string of the molecule is CC(C)N1CCN(C2(CNC(=O)c3cn(-c4cnccn4)c4cccc(Cl)c34)CCCCC2)CC1. The molecular weight excluding hydrogens is 460 g/mol. The number of fused-ring (bicyclic) bond motifs is 1. The van der Waals surface area contributed by atoms with Crippen molar-refractivity contribution in [3.8, 4) is 5.82 Å². The van der Waals surface area contributed by atoms with Crippen LogP contribution in [-0.4, -0.2) is 74.5 Å². The van der Waals surface area contributed by atoms with Gasteiger partial charge in [-0.3, -0.25) is 24.1 Å². The molecule has 1 amide bonds. The van der Waals surface area contributed by atoms with Crippen molar-refractivity contribution in [1.82, 2.24) is 29.7 Å². The van der Waals surface area contributed by atoms with E-state index in [4.69, 9.17) is 11.6 Å². The molecule has 1 saturated carbocycles. The third kappa shape index (κ3) is 4.82. The maximum absolute atomic E-state index is 13.6. The third-order valence-electron chi connectivity index (χ3n) is 7.90. The fourth-order valence-corrected chi connectivity index (χ4v) is 6.16. The summed E-state index contributed by atoms with van der Waals surface area (Å²) in [6.07, 6.45) is 12.8. The number of amides is 1. The van der Waals surface area contributed by atoms with Gasteiger partial charge < -0.3 is 5.32 Å². The number of halogens is 1. The molecular formula is C27H35ClN6O. The number of carbonyl (C=O) groups is 1. The number of benzene rings is 1. The average Bonchev–Trinajstić information content (AvgIpc) is 3.30. The van der Waals surface area contributed by atoms with Crippen molar-refractivity contribution in [2.24, 2.45) is 0 Å². The number of carbonyl (C=O) groups excluding carboxylic acids is 1. The Kier molecular flexibility index (Phi) is 7.09. The largest absolute Gasteiger partial charge is 0.350 e. The number of piperazine rings is 1. The Bertz CT molecular complexity index is 1160. The molecule has 7 nitrogen and oxygen atoms in total. The second-order valence-electron chi connectivity index (χ2n) is 10.2. The van der Waals surface area contributed by atoms with Gasteiger partial charge in [0.2, 0.25) is 0 Å².